The van der Waals surface area contributed by atoms with Crippen molar-refractivity contribution < 1.29 is 33.4 Å². The Balaban J connectivity index is 3.12. The SMILES string of the molecule is C=C(C)C(=O)OCN1CCN(COC(=O)C(C)(C)C)CCN(CC(=O)OC(C)(C)C)CCN(CC(=O)NCC)CC1. The van der Waals surface area contributed by atoms with E-state index in [4.69, 9.17) is 14.2 Å². The lowest BCUT2D eigenvalue weighted by Crippen LogP contribution is -2.49. The van der Waals surface area contributed by atoms with Crippen molar-refractivity contribution in [3.05, 3.63) is 12.2 Å². The average Bonchev–Trinajstić information content (AvgIpc) is 2.83. The van der Waals surface area contributed by atoms with Crippen molar-refractivity contribution in [2.75, 3.05) is 85.5 Å². The smallest absolute Gasteiger partial charge is 0.334 e. The number of amides is 1. The van der Waals surface area contributed by atoms with Crippen molar-refractivity contribution in [3.63, 3.8) is 0 Å². The minimum absolute atomic E-state index is 0.0705. The lowest BCUT2D eigenvalue weighted by atomic mass is 9.98. The zero-order chi connectivity index (χ0) is 31.2. The fraction of sp³-hybridized carbons (Fsp3) is 0.793. The number of ether oxygens (including phenoxy) is 3. The van der Waals surface area contributed by atoms with Gasteiger partial charge in [0.2, 0.25) is 5.91 Å². The molecule has 0 bridgehead atoms. The Labute approximate surface area is 246 Å². The van der Waals surface area contributed by atoms with Crippen LogP contribution in [0.3, 0.4) is 0 Å². The van der Waals surface area contributed by atoms with E-state index in [0.29, 0.717) is 64.5 Å². The van der Waals surface area contributed by atoms with E-state index < -0.39 is 17.0 Å². The molecule has 0 saturated carbocycles. The maximum absolute atomic E-state index is 12.7. The molecule has 0 aromatic carbocycles. The lowest BCUT2D eigenvalue weighted by Gasteiger charge is -2.34. The summed E-state index contributed by atoms with van der Waals surface area (Å²) >= 11 is 0. The van der Waals surface area contributed by atoms with Crippen LogP contribution >= 0.6 is 0 Å². The first-order valence-electron chi connectivity index (χ1n) is 14.4. The highest BCUT2D eigenvalue weighted by Gasteiger charge is 2.26. The largest absolute Gasteiger partial charge is 0.459 e. The number of nitrogens with one attached hydrogen (secondary N) is 1. The van der Waals surface area contributed by atoms with Crippen LogP contribution in [-0.4, -0.2) is 134 Å². The van der Waals surface area contributed by atoms with Gasteiger partial charge in [0.15, 0.2) is 0 Å². The van der Waals surface area contributed by atoms with E-state index in [9.17, 15) is 19.2 Å². The molecule has 236 valence electrons. The van der Waals surface area contributed by atoms with Crippen molar-refractivity contribution in [2.24, 2.45) is 5.41 Å². The van der Waals surface area contributed by atoms with Gasteiger partial charge < -0.3 is 19.5 Å². The Morgan fingerprint density at radius 1 is 0.732 bits per heavy atom. The lowest BCUT2D eigenvalue weighted by molar-refractivity contribution is -0.158. The van der Waals surface area contributed by atoms with Gasteiger partial charge in [-0.15, -0.1) is 0 Å². The zero-order valence-electron chi connectivity index (χ0n) is 26.5. The molecule has 0 unspecified atom stereocenters. The predicted molar refractivity (Wildman–Crippen MR) is 157 cm³/mol. The normalized spacial score (nSPS) is 17.6. The molecule has 12 heteroatoms. The summed E-state index contributed by atoms with van der Waals surface area (Å²) in [5, 5.41) is 2.84. The second kappa shape index (κ2) is 17.4. The van der Waals surface area contributed by atoms with Gasteiger partial charge >= 0.3 is 17.9 Å². The van der Waals surface area contributed by atoms with Crippen LogP contribution in [0.2, 0.25) is 0 Å². The third-order valence-corrected chi connectivity index (χ3v) is 6.16. The van der Waals surface area contributed by atoms with Crippen molar-refractivity contribution in [1.29, 1.82) is 0 Å². The molecule has 1 rings (SSSR count). The summed E-state index contributed by atoms with van der Waals surface area (Å²) in [6.07, 6.45) is 0. The van der Waals surface area contributed by atoms with Crippen LogP contribution < -0.4 is 5.32 Å². The van der Waals surface area contributed by atoms with Crippen molar-refractivity contribution >= 4 is 23.8 Å². The Hall–Kier alpha value is -2.54. The Morgan fingerprint density at radius 3 is 1.59 bits per heavy atom. The van der Waals surface area contributed by atoms with E-state index >= 15 is 0 Å². The van der Waals surface area contributed by atoms with Crippen LogP contribution in [0.1, 0.15) is 55.4 Å². The summed E-state index contributed by atoms with van der Waals surface area (Å²) in [5.74, 6) is -1.17. The van der Waals surface area contributed by atoms with Gasteiger partial charge in [0.05, 0.1) is 18.5 Å². The van der Waals surface area contributed by atoms with Crippen molar-refractivity contribution in [3.8, 4) is 0 Å². The summed E-state index contributed by atoms with van der Waals surface area (Å²) in [6.45, 7) is 23.3. The summed E-state index contributed by atoms with van der Waals surface area (Å²) in [6, 6.07) is 0. The number of carbonyl (C=O) groups is 4. The summed E-state index contributed by atoms with van der Waals surface area (Å²) in [7, 11) is 0. The second-order valence-corrected chi connectivity index (χ2v) is 12.5. The third kappa shape index (κ3) is 16.5. The van der Waals surface area contributed by atoms with Crippen LogP contribution in [-0.2, 0) is 33.4 Å². The van der Waals surface area contributed by atoms with Gasteiger partial charge in [-0.05, 0) is 55.4 Å². The monoisotopic (exact) mass is 583 g/mol. The number of hydrogen-bond acceptors (Lipinski definition) is 11. The highest BCUT2D eigenvalue weighted by atomic mass is 16.6. The summed E-state index contributed by atoms with van der Waals surface area (Å²) in [5.41, 5.74) is -0.915. The zero-order valence-corrected chi connectivity index (χ0v) is 26.5. The molecule has 1 saturated heterocycles. The topological polar surface area (TPSA) is 121 Å². The summed E-state index contributed by atoms with van der Waals surface area (Å²) < 4.78 is 16.6. The average molecular weight is 584 g/mol. The molecule has 1 aliphatic rings. The van der Waals surface area contributed by atoms with Gasteiger partial charge in [0.25, 0.3) is 0 Å². The van der Waals surface area contributed by atoms with E-state index in [1.54, 1.807) is 27.7 Å². The van der Waals surface area contributed by atoms with E-state index in [-0.39, 0.29) is 44.4 Å². The van der Waals surface area contributed by atoms with Crippen LogP contribution in [0.25, 0.3) is 0 Å². The van der Waals surface area contributed by atoms with Gasteiger partial charge in [0.1, 0.15) is 19.1 Å². The van der Waals surface area contributed by atoms with Crippen molar-refractivity contribution in [2.45, 2.75) is 61.0 Å². The van der Waals surface area contributed by atoms with Crippen LogP contribution in [0.5, 0.6) is 0 Å². The molecule has 1 aliphatic heterocycles. The Kier molecular flexibility index (Phi) is 15.5. The van der Waals surface area contributed by atoms with E-state index in [1.165, 1.54) is 0 Å². The number of nitrogens with zero attached hydrogens (tertiary/aromatic N) is 4. The van der Waals surface area contributed by atoms with E-state index in [0.717, 1.165) is 0 Å². The van der Waals surface area contributed by atoms with Gasteiger partial charge in [-0.1, -0.05) is 6.58 Å². The maximum atomic E-state index is 12.7. The molecule has 1 N–H and O–H groups in total. The van der Waals surface area contributed by atoms with E-state index in [2.05, 4.69) is 11.9 Å². The van der Waals surface area contributed by atoms with E-state index in [1.807, 2.05) is 47.3 Å². The number of likely N-dealkylation sites (N-methyl/N-ethyl adjacent to an activating group) is 1. The molecule has 12 nitrogen and oxygen atoms in total. The molecule has 1 amide bonds. The molecular formula is C29H53N5O7. The molecule has 41 heavy (non-hydrogen) atoms. The highest BCUT2D eigenvalue weighted by molar-refractivity contribution is 5.86. The molecule has 0 aliphatic carbocycles. The maximum Gasteiger partial charge on any atom is 0.334 e. The molecule has 0 aromatic heterocycles. The number of carbonyl (C=O) groups excluding carboxylic acids is 4. The van der Waals surface area contributed by atoms with Crippen LogP contribution in [0, 0.1) is 5.41 Å². The molecule has 1 heterocycles. The number of hydrogen-bond donors (Lipinski definition) is 1. The van der Waals surface area contributed by atoms with Gasteiger partial charge in [-0.25, -0.2) is 4.79 Å². The summed E-state index contributed by atoms with van der Waals surface area (Å²) in [4.78, 5) is 57.7. The Bertz CT molecular complexity index is 882. The molecule has 0 aromatic rings. The minimum atomic E-state index is -0.633. The van der Waals surface area contributed by atoms with Gasteiger partial charge in [-0.3, -0.25) is 34.0 Å². The van der Waals surface area contributed by atoms with Crippen LogP contribution in [0.4, 0.5) is 0 Å². The first-order valence-corrected chi connectivity index (χ1v) is 14.4. The second-order valence-electron chi connectivity index (χ2n) is 12.5. The number of rotatable bonds is 10. The minimum Gasteiger partial charge on any atom is -0.459 e. The van der Waals surface area contributed by atoms with Gasteiger partial charge in [-0.2, -0.15) is 0 Å². The van der Waals surface area contributed by atoms with Gasteiger partial charge in [0, 0.05) is 64.5 Å². The predicted octanol–water partition coefficient (Wildman–Crippen LogP) is 1.31. The third-order valence-electron chi connectivity index (χ3n) is 6.16. The first kappa shape index (κ1) is 36.5. The highest BCUT2D eigenvalue weighted by Crippen LogP contribution is 2.15. The molecule has 0 atom stereocenters. The first-order chi connectivity index (χ1) is 19.0. The quantitative estimate of drug-likeness (QED) is 0.228. The fourth-order valence-electron chi connectivity index (χ4n) is 3.81. The molecule has 1 fully saturated rings. The Morgan fingerprint density at radius 2 is 1.17 bits per heavy atom. The van der Waals surface area contributed by atoms with Crippen molar-refractivity contribution in [1.82, 2.24) is 24.9 Å². The number of esters is 3. The van der Waals surface area contributed by atoms with Crippen LogP contribution in [0.15, 0.2) is 12.2 Å². The standard InChI is InChI=1S/C29H53N5O7/c1-10-30-24(35)19-31-11-12-32(20-25(36)41-29(7,8)9)14-16-34(22-40-27(38)28(4,5)6)18-17-33(15-13-31)21-39-26(37)23(2)3/h2,10-22H2,1,3-9H3,(H,30,35). The molecule has 0 spiro atoms. The molecule has 0 radical (unpaired) electrons. The molecular weight excluding hydrogens is 530 g/mol. The fourth-order valence-corrected chi connectivity index (χ4v) is 3.81.